The van der Waals surface area contributed by atoms with Crippen molar-refractivity contribution in [3.63, 3.8) is 0 Å². The van der Waals surface area contributed by atoms with Crippen LogP contribution >= 0.6 is 0 Å². The summed E-state index contributed by atoms with van der Waals surface area (Å²) in [7, 11) is 0. The van der Waals surface area contributed by atoms with Gasteiger partial charge in [-0.2, -0.15) is 0 Å². The highest BCUT2D eigenvalue weighted by atomic mass is 16.3. The Morgan fingerprint density at radius 3 is 2.06 bits per heavy atom. The van der Waals surface area contributed by atoms with E-state index in [1.54, 1.807) is 0 Å². The van der Waals surface area contributed by atoms with Gasteiger partial charge in [-0.1, -0.05) is 65.4 Å². The molecule has 0 saturated heterocycles. The van der Waals surface area contributed by atoms with Gasteiger partial charge in [-0.15, -0.1) is 0 Å². The summed E-state index contributed by atoms with van der Waals surface area (Å²) in [4.78, 5) is 0. The highest BCUT2D eigenvalue weighted by Crippen LogP contribution is 2.16. The SMILES string of the molecule is C=C(CCCCCC)C(O)CCCCCC. The summed E-state index contributed by atoms with van der Waals surface area (Å²) in [5, 5.41) is 9.87. The van der Waals surface area contributed by atoms with Crippen molar-refractivity contribution < 1.29 is 5.11 Å². The van der Waals surface area contributed by atoms with Crippen LogP contribution in [0.25, 0.3) is 0 Å². The van der Waals surface area contributed by atoms with Crippen LogP contribution in [0.5, 0.6) is 0 Å². The summed E-state index contributed by atoms with van der Waals surface area (Å²) < 4.78 is 0. The van der Waals surface area contributed by atoms with Gasteiger partial charge in [0.1, 0.15) is 0 Å². The van der Waals surface area contributed by atoms with Gasteiger partial charge in [-0.3, -0.25) is 0 Å². The van der Waals surface area contributed by atoms with E-state index in [-0.39, 0.29) is 6.10 Å². The molecule has 0 saturated carbocycles. The van der Waals surface area contributed by atoms with Crippen molar-refractivity contribution in [2.24, 2.45) is 0 Å². The standard InChI is InChI=1S/C15H30O/c1-4-6-8-10-12-14(3)15(16)13-11-9-7-5-2/h15-16H,3-13H2,1-2H3. The van der Waals surface area contributed by atoms with Crippen LogP contribution in [0.3, 0.4) is 0 Å². The first kappa shape index (κ1) is 15.7. The Hall–Kier alpha value is -0.300. The average molecular weight is 226 g/mol. The number of hydrogen-bond acceptors (Lipinski definition) is 1. The Kier molecular flexibility index (Phi) is 11.0. The molecular formula is C15H30O. The molecule has 16 heavy (non-hydrogen) atoms. The van der Waals surface area contributed by atoms with Crippen LogP contribution in [0.2, 0.25) is 0 Å². The molecule has 0 aliphatic rings. The second-order valence-electron chi connectivity index (χ2n) is 4.83. The molecular weight excluding hydrogens is 196 g/mol. The molecule has 1 atom stereocenters. The monoisotopic (exact) mass is 226 g/mol. The lowest BCUT2D eigenvalue weighted by atomic mass is 9.99. The molecule has 0 aromatic carbocycles. The summed E-state index contributed by atoms with van der Waals surface area (Å²) in [6.07, 6.45) is 11.6. The summed E-state index contributed by atoms with van der Waals surface area (Å²) >= 11 is 0. The molecule has 0 spiro atoms. The zero-order valence-corrected chi connectivity index (χ0v) is 11.3. The molecule has 0 fully saturated rings. The topological polar surface area (TPSA) is 20.2 Å². The Bertz CT molecular complexity index is 163. The van der Waals surface area contributed by atoms with Crippen molar-refractivity contribution in [3.05, 3.63) is 12.2 Å². The fraction of sp³-hybridized carbons (Fsp3) is 0.867. The lowest BCUT2D eigenvalue weighted by molar-refractivity contribution is 0.191. The smallest absolute Gasteiger partial charge is 0.0747 e. The fourth-order valence-electron chi connectivity index (χ4n) is 1.91. The molecule has 0 aliphatic carbocycles. The number of hydrogen-bond donors (Lipinski definition) is 1. The van der Waals surface area contributed by atoms with Crippen LogP contribution in [0.4, 0.5) is 0 Å². The number of rotatable bonds is 11. The van der Waals surface area contributed by atoms with Crippen molar-refractivity contribution in [1.82, 2.24) is 0 Å². The van der Waals surface area contributed by atoms with E-state index in [2.05, 4.69) is 20.4 Å². The van der Waals surface area contributed by atoms with Gasteiger partial charge >= 0.3 is 0 Å². The molecule has 0 bridgehead atoms. The first-order chi connectivity index (χ1) is 7.72. The maximum absolute atomic E-state index is 9.87. The van der Waals surface area contributed by atoms with E-state index >= 15 is 0 Å². The predicted molar refractivity (Wildman–Crippen MR) is 72.7 cm³/mol. The van der Waals surface area contributed by atoms with Crippen LogP contribution in [0, 0.1) is 0 Å². The maximum Gasteiger partial charge on any atom is 0.0747 e. The summed E-state index contributed by atoms with van der Waals surface area (Å²) in [6, 6.07) is 0. The third-order valence-electron chi connectivity index (χ3n) is 3.15. The average Bonchev–Trinajstić information content (AvgIpc) is 2.29. The van der Waals surface area contributed by atoms with Crippen LogP contribution in [0.1, 0.15) is 78.1 Å². The van der Waals surface area contributed by atoms with Crippen LogP contribution in [0.15, 0.2) is 12.2 Å². The fourth-order valence-corrected chi connectivity index (χ4v) is 1.91. The summed E-state index contributed by atoms with van der Waals surface area (Å²) in [5.41, 5.74) is 1.05. The van der Waals surface area contributed by atoms with Crippen molar-refractivity contribution in [2.45, 2.75) is 84.2 Å². The van der Waals surface area contributed by atoms with E-state index < -0.39 is 0 Å². The van der Waals surface area contributed by atoms with Crippen molar-refractivity contribution >= 4 is 0 Å². The summed E-state index contributed by atoms with van der Waals surface area (Å²) in [5.74, 6) is 0. The highest BCUT2D eigenvalue weighted by molar-refractivity contribution is 5.01. The lowest BCUT2D eigenvalue weighted by Crippen LogP contribution is -2.09. The van der Waals surface area contributed by atoms with E-state index in [1.165, 1.54) is 44.9 Å². The molecule has 0 aromatic heterocycles. The van der Waals surface area contributed by atoms with Crippen LogP contribution < -0.4 is 0 Å². The van der Waals surface area contributed by atoms with Gasteiger partial charge in [0.2, 0.25) is 0 Å². The largest absolute Gasteiger partial charge is 0.389 e. The molecule has 0 heterocycles. The second kappa shape index (κ2) is 11.2. The first-order valence-corrected chi connectivity index (χ1v) is 7.08. The molecule has 1 nitrogen and oxygen atoms in total. The molecule has 0 aromatic rings. The number of aliphatic hydroxyl groups is 1. The Labute approximate surface area is 102 Å². The molecule has 1 unspecified atom stereocenters. The van der Waals surface area contributed by atoms with E-state index in [9.17, 15) is 5.11 Å². The van der Waals surface area contributed by atoms with E-state index in [1.807, 2.05) is 0 Å². The highest BCUT2D eigenvalue weighted by Gasteiger charge is 2.07. The molecule has 0 radical (unpaired) electrons. The zero-order chi connectivity index (χ0) is 12.2. The zero-order valence-electron chi connectivity index (χ0n) is 11.3. The Morgan fingerprint density at radius 2 is 1.50 bits per heavy atom. The molecule has 1 N–H and O–H groups in total. The van der Waals surface area contributed by atoms with E-state index in [0.29, 0.717) is 0 Å². The third-order valence-corrected chi connectivity index (χ3v) is 3.15. The van der Waals surface area contributed by atoms with Gasteiger partial charge in [0.05, 0.1) is 6.10 Å². The van der Waals surface area contributed by atoms with Crippen LogP contribution in [-0.2, 0) is 0 Å². The normalized spacial score (nSPS) is 12.7. The van der Waals surface area contributed by atoms with Crippen molar-refractivity contribution in [3.8, 4) is 0 Å². The van der Waals surface area contributed by atoms with Gasteiger partial charge < -0.3 is 5.11 Å². The molecule has 0 rings (SSSR count). The lowest BCUT2D eigenvalue weighted by Gasteiger charge is -2.13. The molecule has 96 valence electrons. The quantitative estimate of drug-likeness (QED) is 0.394. The molecule has 1 heteroatoms. The minimum Gasteiger partial charge on any atom is -0.389 e. The van der Waals surface area contributed by atoms with Gasteiger partial charge in [0.25, 0.3) is 0 Å². The predicted octanol–water partition coefficient (Wildman–Crippen LogP) is 4.84. The Balaban J connectivity index is 3.42. The Morgan fingerprint density at radius 1 is 0.938 bits per heavy atom. The maximum atomic E-state index is 9.87. The van der Waals surface area contributed by atoms with Gasteiger partial charge in [-0.05, 0) is 24.8 Å². The molecule has 0 amide bonds. The minimum atomic E-state index is -0.251. The van der Waals surface area contributed by atoms with Gasteiger partial charge in [0.15, 0.2) is 0 Å². The minimum absolute atomic E-state index is 0.251. The molecule has 0 aliphatic heterocycles. The number of unbranched alkanes of at least 4 members (excludes halogenated alkanes) is 6. The second-order valence-corrected chi connectivity index (χ2v) is 4.83. The first-order valence-electron chi connectivity index (χ1n) is 7.08. The van der Waals surface area contributed by atoms with Crippen molar-refractivity contribution in [2.75, 3.05) is 0 Å². The van der Waals surface area contributed by atoms with Crippen LogP contribution in [-0.4, -0.2) is 11.2 Å². The summed E-state index contributed by atoms with van der Waals surface area (Å²) in [6.45, 7) is 8.43. The van der Waals surface area contributed by atoms with E-state index in [0.717, 1.165) is 24.8 Å². The van der Waals surface area contributed by atoms with Gasteiger partial charge in [0, 0.05) is 0 Å². The van der Waals surface area contributed by atoms with E-state index in [4.69, 9.17) is 0 Å². The third kappa shape index (κ3) is 8.96. The van der Waals surface area contributed by atoms with Gasteiger partial charge in [-0.25, -0.2) is 0 Å². The number of aliphatic hydroxyl groups excluding tert-OH is 1. The van der Waals surface area contributed by atoms with Crippen molar-refractivity contribution in [1.29, 1.82) is 0 Å².